The first-order valence-electron chi connectivity index (χ1n) is 6.29. The first kappa shape index (κ1) is 12.5. The van der Waals surface area contributed by atoms with Crippen LogP contribution in [0.2, 0.25) is 0 Å². The minimum Gasteiger partial charge on any atom is -0.324 e. The van der Waals surface area contributed by atoms with Gasteiger partial charge in [-0.15, -0.1) is 0 Å². The van der Waals surface area contributed by atoms with Crippen LogP contribution in [0.1, 0.15) is 6.42 Å². The molecule has 0 bridgehead atoms. The molecular formula is C13H14N6O. The molecule has 0 saturated heterocycles. The number of nitrogens with two attached hydrogens (primary N) is 1. The summed E-state index contributed by atoms with van der Waals surface area (Å²) >= 11 is 0. The van der Waals surface area contributed by atoms with Crippen LogP contribution < -0.4 is 11.1 Å². The fourth-order valence-electron chi connectivity index (χ4n) is 2.14. The fraction of sp³-hybridized carbons (Fsp3) is 0.231. The van der Waals surface area contributed by atoms with Gasteiger partial charge < -0.3 is 11.1 Å². The van der Waals surface area contributed by atoms with E-state index in [-0.39, 0.29) is 17.9 Å². The Morgan fingerprint density at radius 3 is 3.05 bits per heavy atom. The molecule has 7 nitrogen and oxygen atoms in total. The van der Waals surface area contributed by atoms with Crippen molar-refractivity contribution in [3.8, 4) is 5.82 Å². The third-order valence-electron chi connectivity index (χ3n) is 3.13. The van der Waals surface area contributed by atoms with Gasteiger partial charge in [-0.2, -0.15) is 5.10 Å². The zero-order valence-corrected chi connectivity index (χ0v) is 10.7. The van der Waals surface area contributed by atoms with Gasteiger partial charge in [-0.1, -0.05) is 12.2 Å². The van der Waals surface area contributed by atoms with Crippen LogP contribution >= 0.6 is 0 Å². The van der Waals surface area contributed by atoms with Gasteiger partial charge in [0.2, 0.25) is 5.91 Å². The molecule has 0 saturated carbocycles. The van der Waals surface area contributed by atoms with Crippen LogP contribution in [0.5, 0.6) is 0 Å². The second kappa shape index (κ2) is 5.22. The van der Waals surface area contributed by atoms with Gasteiger partial charge in [0.25, 0.3) is 0 Å². The van der Waals surface area contributed by atoms with E-state index in [9.17, 15) is 4.79 Å². The van der Waals surface area contributed by atoms with E-state index in [0.717, 1.165) is 0 Å². The maximum atomic E-state index is 12.2. The van der Waals surface area contributed by atoms with Crippen LogP contribution in [0, 0.1) is 5.92 Å². The molecule has 1 aliphatic carbocycles. The van der Waals surface area contributed by atoms with E-state index >= 15 is 0 Å². The van der Waals surface area contributed by atoms with Crippen LogP contribution in [-0.4, -0.2) is 31.7 Å². The first-order chi connectivity index (χ1) is 9.74. The van der Waals surface area contributed by atoms with Gasteiger partial charge in [-0.3, -0.25) is 4.79 Å². The number of hydrogen-bond donors (Lipinski definition) is 2. The van der Waals surface area contributed by atoms with Gasteiger partial charge in [0.15, 0.2) is 5.82 Å². The molecule has 0 radical (unpaired) electrons. The first-order valence-corrected chi connectivity index (χ1v) is 6.29. The second-order valence-corrected chi connectivity index (χ2v) is 4.59. The maximum Gasteiger partial charge on any atom is 0.231 e. The number of anilines is 1. The summed E-state index contributed by atoms with van der Waals surface area (Å²) < 4.78 is 1.51. The largest absolute Gasteiger partial charge is 0.324 e. The van der Waals surface area contributed by atoms with Crippen molar-refractivity contribution in [2.45, 2.75) is 12.5 Å². The molecular weight excluding hydrogens is 256 g/mol. The van der Waals surface area contributed by atoms with Gasteiger partial charge in [-0.25, -0.2) is 14.6 Å². The lowest BCUT2D eigenvalue weighted by molar-refractivity contribution is -0.118. The molecule has 1 amide bonds. The molecule has 0 fully saturated rings. The number of carbonyl (C=O) groups excluding carboxylic acids is 1. The van der Waals surface area contributed by atoms with E-state index in [1.807, 2.05) is 12.2 Å². The van der Waals surface area contributed by atoms with Crippen molar-refractivity contribution >= 4 is 11.6 Å². The highest BCUT2D eigenvalue weighted by Gasteiger charge is 2.23. The van der Waals surface area contributed by atoms with E-state index in [2.05, 4.69) is 20.4 Å². The van der Waals surface area contributed by atoms with Gasteiger partial charge in [0.05, 0.1) is 11.6 Å². The van der Waals surface area contributed by atoms with Crippen molar-refractivity contribution in [1.29, 1.82) is 0 Å². The molecule has 102 valence electrons. The summed E-state index contributed by atoms with van der Waals surface area (Å²) in [5.41, 5.74) is 6.36. The van der Waals surface area contributed by atoms with Crippen molar-refractivity contribution in [2.75, 3.05) is 5.32 Å². The zero-order valence-electron chi connectivity index (χ0n) is 10.7. The number of nitrogens with zero attached hydrogens (tertiary/aromatic N) is 4. The Morgan fingerprint density at radius 2 is 2.35 bits per heavy atom. The monoisotopic (exact) mass is 270 g/mol. The number of hydrogen-bond acceptors (Lipinski definition) is 5. The molecule has 20 heavy (non-hydrogen) atoms. The van der Waals surface area contributed by atoms with E-state index in [1.165, 1.54) is 17.3 Å². The Morgan fingerprint density at radius 1 is 1.45 bits per heavy atom. The van der Waals surface area contributed by atoms with Crippen LogP contribution in [0.4, 0.5) is 5.69 Å². The standard InChI is InChI=1S/C13H14N6O/c14-10-4-3-9(6-10)13(20)18-11-2-1-5-16-12(11)19-8-15-7-17-19/h1-5,7-10H,6,14H2,(H,18,20). The number of rotatable bonds is 3. The Kier molecular flexibility index (Phi) is 3.26. The average molecular weight is 270 g/mol. The molecule has 2 aromatic heterocycles. The fourth-order valence-corrected chi connectivity index (χ4v) is 2.14. The Balaban J connectivity index is 1.81. The van der Waals surface area contributed by atoms with E-state index in [0.29, 0.717) is 17.9 Å². The Labute approximate surface area is 115 Å². The van der Waals surface area contributed by atoms with Crippen LogP contribution in [0.15, 0.2) is 43.1 Å². The van der Waals surface area contributed by atoms with Gasteiger partial charge >= 0.3 is 0 Å². The molecule has 1 aliphatic rings. The van der Waals surface area contributed by atoms with Crippen LogP contribution in [-0.2, 0) is 4.79 Å². The van der Waals surface area contributed by atoms with Crippen LogP contribution in [0.3, 0.4) is 0 Å². The molecule has 3 rings (SSSR count). The molecule has 7 heteroatoms. The third kappa shape index (κ3) is 2.43. The molecule has 0 spiro atoms. The van der Waals surface area contributed by atoms with Crippen molar-refractivity contribution < 1.29 is 4.79 Å². The molecule has 2 heterocycles. The third-order valence-corrected chi connectivity index (χ3v) is 3.13. The number of pyridine rings is 1. The number of aromatic nitrogens is 4. The average Bonchev–Trinajstić information content (AvgIpc) is 3.10. The van der Waals surface area contributed by atoms with Crippen molar-refractivity contribution in [1.82, 2.24) is 19.7 Å². The van der Waals surface area contributed by atoms with Gasteiger partial charge in [0, 0.05) is 12.2 Å². The molecule has 3 N–H and O–H groups in total. The summed E-state index contributed by atoms with van der Waals surface area (Å²) in [4.78, 5) is 20.3. The highest BCUT2D eigenvalue weighted by atomic mass is 16.1. The SMILES string of the molecule is NC1C=CC(C(=O)Nc2cccnc2-n2cncn2)C1. The normalized spacial score (nSPS) is 21.1. The highest BCUT2D eigenvalue weighted by molar-refractivity contribution is 5.95. The predicted molar refractivity (Wildman–Crippen MR) is 73.0 cm³/mol. The minimum atomic E-state index is -0.200. The van der Waals surface area contributed by atoms with Gasteiger partial charge in [0.1, 0.15) is 12.7 Å². The quantitative estimate of drug-likeness (QED) is 0.791. The van der Waals surface area contributed by atoms with E-state index in [1.54, 1.807) is 18.3 Å². The molecule has 2 aromatic rings. The smallest absolute Gasteiger partial charge is 0.231 e. The zero-order chi connectivity index (χ0) is 13.9. The summed E-state index contributed by atoms with van der Waals surface area (Å²) in [7, 11) is 0. The number of nitrogens with one attached hydrogen (secondary N) is 1. The molecule has 0 aliphatic heterocycles. The molecule has 2 unspecified atom stereocenters. The molecule has 2 atom stereocenters. The summed E-state index contributed by atoms with van der Waals surface area (Å²) in [6.45, 7) is 0. The maximum absolute atomic E-state index is 12.2. The Hall–Kier alpha value is -2.54. The molecule has 0 aromatic carbocycles. The predicted octanol–water partition coefficient (Wildman–Crippen LogP) is 0.504. The van der Waals surface area contributed by atoms with Gasteiger partial charge in [-0.05, 0) is 18.6 Å². The Bertz CT molecular complexity index is 636. The second-order valence-electron chi connectivity index (χ2n) is 4.59. The topological polar surface area (TPSA) is 98.7 Å². The highest BCUT2D eigenvalue weighted by Crippen LogP contribution is 2.21. The van der Waals surface area contributed by atoms with E-state index in [4.69, 9.17) is 5.73 Å². The summed E-state index contributed by atoms with van der Waals surface area (Å²) in [6, 6.07) is 3.49. The minimum absolute atomic E-state index is 0.0468. The number of amides is 1. The van der Waals surface area contributed by atoms with Crippen molar-refractivity contribution in [3.05, 3.63) is 43.1 Å². The summed E-state index contributed by atoms with van der Waals surface area (Å²) in [6.07, 6.45) is 8.91. The van der Waals surface area contributed by atoms with Crippen LogP contribution in [0.25, 0.3) is 5.82 Å². The lowest BCUT2D eigenvalue weighted by Crippen LogP contribution is -2.24. The van der Waals surface area contributed by atoms with Crippen molar-refractivity contribution in [2.24, 2.45) is 11.7 Å². The lowest BCUT2D eigenvalue weighted by Gasteiger charge is -2.12. The van der Waals surface area contributed by atoms with E-state index < -0.39 is 0 Å². The summed E-state index contributed by atoms with van der Waals surface area (Å²) in [5, 5.41) is 6.89. The number of carbonyl (C=O) groups is 1. The summed E-state index contributed by atoms with van der Waals surface area (Å²) in [5.74, 6) is 0.238. The van der Waals surface area contributed by atoms with Crippen molar-refractivity contribution in [3.63, 3.8) is 0 Å². The lowest BCUT2D eigenvalue weighted by atomic mass is 10.1.